The fourth-order valence-electron chi connectivity index (χ4n) is 10.1. The normalized spacial score (nSPS) is 40.8. The van der Waals surface area contributed by atoms with Crippen molar-refractivity contribution in [1.82, 2.24) is 9.21 Å². The first-order valence-corrected chi connectivity index (χ1v) is 17.3. The van der Waals surface area contributed by atoms with Crippen molar-refractivity contribution in [2.75, 3.05) is 26.4 Å². The summed E-state index contributed by atoms with van der Waals surface area (Å²) in [6, 6.07) is 0.00474. The molecule has 1 heterocycles. The number of aliphatic hydroxyl groups is 1. The van der Waals surface area contributed by atoms with Gasteiger partial charge in [0.15, 0.2) is 0 Å². The van der Waals surface area contributed by atoms with Gasteiger partial charge in [0.25, 0.3) is 0 Å². The largest absolute Gasteiger partial charge is 0.393 e. The van der Waals surface area contributed by atoms with Crippen LogP contribution in [-0.4, -0.2) is 67.2 Å². The van der Waals surface area contributed by atoms with Crippen LogP contribution in [-0.2, 0) is 14.8 Å². The molecule has 4 aliphatic carbocycles. The minimum absolute atomic E-state index is 0.00474. The highest BCUT2D eigenvalue weighted by atomic mass is 32.2. The number of hydrogen-bond donors (Lipinski definition) is 1. The first kappa shape index (κ1) is 28.6. The van der Waals surface area contributed by atoms with E-state index in [9.17, 15) is 18.3 Å². The van der Waals surface area contributed by atoms with Crippen LogP contribution in [0.2, 0.25) is 0 Å². The number of carbonyl (C=O) groups excluding carboxylic acids is 1. The summed E-state index contributed by atoms with van der Waals surface area (Å²) in [7, 11) is -1.53. The zero-order valence-electron chi connectivity index (χ0n) is 24.5. The maximum atomic E-state index is 13.1. The van der Waals surface area contributed by atoms with Crippen molar-refractivity contribution in [2.24, 2.45) is 40.4 Å². The van der Waals surface area contributed by atoms with Crippen LogP contribution < -0.4 is 0 Å². The van der Waals surface area contributed by atoms with E-state index in [1.807, 2.05) is 4.90 Å². The van der Waals surface area contributed by atoms with Gasteiger partial charge in [0.1, 0.15) is 0 Å². The molecule has 1 saturated heterocycles. The van der Waals surface area contributed by atoms with E-state index in [4.69, 9.17) is 0 Å². The molecule has 0 bridgehead atoms. The van der Waals surface area contributed by atoms with Gasteiger partial charge in [0, 0.05) is 32.6 Å². The van der Waals surface area contributed by atoms with Crippen molar-refractivity contribution < 1.29 is 18.3 Å². The molecule has 0 spiro atoms. The van der Waals surface area contributed by atoms with Crippen molar-refractivity contribution in [3.63, 3.8) is 0 Å². The molecule has 1 amide bonds. The van der Waals surface area contributed by atoms with Crippen molar-refractivity contribution >= 4 is 15.9 Å². The van der Waals surface area contributed by atoms with E-state index in [1.54, 1.807) is 12.6 Å². The number of sulfonamides is 1. The Morgan fingerprint density at radius 2 is 1.82 bits per heavy atom. The monoisotopic (exact) mass is 548 g/mol. The molecule has 216 valence electrons. The number of likely N-dealkylation sites (tertiary alicyclic amines) is 1. The number of amides is 1. The van der Waals surface area contributed by atoms with Gasteiger partial charge in [-0.2, -0.15) is 0 Å². The zero-order valence-corrected chi connectivity index (χ0v) is 25.3. The van der Waals surface area contributed by atoms with Crippen molar-refractivity contribution in [1.29, 1.82) is 0 Å². The summed E-state index contributed by atoms with van der Waals surface area (Å²) >= 11 is 0. The number of hydrogen-bond acceptors (Lipinski definition) is 4. The van der Waals surface area contributed by atoms with Crippen molar-refractivity contribution in [2.45, 2.75) is 110 Å². The molecule has 0 aromatic rings. The molecule has 6 nitrogen and oxygen atoms in total. The minimum atomic E-state index is -3.19. The second-order valence-corrected chi connectivity index (χ2v) is 16.3. The van der Waals surface area contributed by atoms with Crippen molar-refractivity contribution in [3.05, 3.63) is 11.6 Å². The fourth-order valence-corrected chi connectivity index (χ4v) is 10.8. The van der Waals surface area contributed by atoms with Crippen LogP contribution in [0.3, 0.4) is 0 Å². The molecule has 38 heavy (non-hydrogen) atoms. The maximum Gasteiger partial charge on any atom is 0.222 e. The van der Waals surface area contributed by atoms with E-state index in [2.05, 4.69) is 26.8 Å². The molecular formula is C31H52N2O4S. The summed E-state index contributed by atoms with van der Waals surface area (Å²) in [5, 5.41) is 10.3. The zero-order chi connectivity index (χ0) is 27.5. The van der Waals surface area contributed by atoms with E-state index in [1.165, 1.54) is 42.7 Å². The molecule has 7 heteroatoms. The summed E-state index contributed by atoms with van der Waals surface area (Å²) < 4.78 is 25.2. The number of nitrogens with zero attached hydrogens (tertiary/aromatic N) is 2. The van der Waals surface area contributed by atoms with Gasteiger partial charge in [-0.15, -0.1) is 0 Å². The second-order valence-electron chi connectivity index (χ2n) is 14.3. The topological polar surface area (TPSA) is 77.9 Å². The number of piperidine rings is 1. The first-order chi connectivity index (χ1) is 17.8. The third-order valence-electron chi connectivity index (χ3n) is 12.5. The Labute approximate surface area is 231 Å². The number of rotatable bonds is 6. The number of aliphatic hydroxyl groups excluding tert-OH is 1. The molecule has 5 rings (SSSR count). The lowest BCUT2D eigenvalue weighted by molar-refractivity contribution is -0.133. The Hall–Kier alpha value is -0.920. The molecule has 0 aromatic heterocycles. The van der Waals surface area contributed by atoms with Gasteiger partial charge in [-0.1, -0.05) is 32.4 Å². The molecule has 4 fully saturated rings. The maximum absolute atomic E-state index is 13.1. The number of fused-ring (bicyclic) bond motifs is 5. The van der Waals surface area contributed by atoms with Crippen LogP contribution in [0.5, 0.6) is 0 Å². The molecule has 1 N–H and O–H groups in total. The summed E-state index contributed by atoms with van der Waals surface area (Å²) in [5.74, 6) is 3.84. The highest BCUT2D eigenvalue weighted by molar-refractivity contribution is 7.88. The predicted octanol–water partition coefficient (Wildman–Crippen LogP) is 5.23. The number of carbonyl (C=O) groups is 1. The van der Waals surface area contributed by atoms with Gasteiger partial charge >= 0.3 is 0 Å². The standard InChI is InChI=1S/C31H52N2O4S/c1-21(6-11-29(35)33-18-14-23(15-19-33)32(4)38(5,36)37)26-9-10-27-25-8-7-22-20-24(34)12-16-30(22,2)28(25)13-17-31(26,27)3/h7,21,23-28,34H,6,8-20H2,1-5H3/t21?,24-,25-,26+,27-,28-,30-,31+/m0/s1. The molecule has 8 atom stereocenters. The van der Waals surface area contributed by atoms with Crippen molar-refractivity contribution in [3.8, 4) is 0 Å². The lowest BCUT2D eigenvalue weighted by Crippen LogP contribution is -2.50. The Morgan fingerprint density at radius 1 is 1.11 bits per heavy atom. The summed E-state index contributed by atoms with van der Waals surface area (Å²) in [5.41, 5.74) is 2.23. The average Bonchev–Trinajstić information content (AvgIpc) is 3.24. The summed E-state index contributed by atoms with van der Waals surface area (Å²) in [4.78, 5) is 15.1. The van der Waals surface area contributed by atoms with Gasteiger partial charge in [-0.05, 0) is 111 Å². The van der Waals surface area contributed by atoms with E-state index in [-0.39, 0.29) is 18.1 Å². The molecule has 1 unspecified atom stereocenters. The number of allylic oxidation sites excluding steroid dienone is 1. The van der Waals surface area contributed by atoms with Crippen LogP contribution in [0.15, 0.2) is 11.6 Å². The quantitative estimate of drug-likeness (QED) is 0.462. The van der Waals surface area contributed by atoms with E-state index >= 15 is 0 Å². The summed E-state index contributed by atoms with van der Waals surface area (Å²) in [6.45, 7) is 8.81. The van der Waals surface area contributed by atoms with Gasteiger partial charge in [0.05, 0.1) is 12.4 Å². The average molecular weight is 549 g/mol. The Kier molecular flexibility index (Phi) is 7.89. The Balaban J connectivity index is 1.16. The second kappa shape index (κ2) is 10.5. The Bertz CT molecular complexity index is 1030. The molecule has 3 saturated carbocycles. The van der Waals surface area contributed by atoms with Crippen LogP contribution in [0.4, 0.5) is 0 Å². The van der Waals surface area contributed by atoms with E-state index in [0.29, 0.717) is 42.2 Å². The van der Waals surface area contributed by atoms with Crippen LogP contribution >= 0.6 is 0 Å². The predicted molar refractivity (Wildman–Crippen MR) is 152 cm³/mol. The van der Waals surface area contributed by atoms with Gasteiger partial charge in [-0.3, -0.25) is 4.79 Å². The van der Waals surface area contributed by atoms with E-state index in [0.717, 1.165) is 56.3 Å². The van der Waals surface area contributed by atoms with Crippen LogP contribution in [0, 0.1) is 40.4 Å². The lowest BCUT2D eigenvalue weighted by Gasteiger charge is -2.58. The van der Waals surface area contributed by atoms with E-state index < -0.39 is 10.0 Å². The highest BCUT2D eigenvalue weighted by Gasteiger charge is 2.59. The summed E-state index contributed by atoms with van der Waals surface area (Å²) in [6.07, 6.45) is 16.1. The first-order valence-electron chi connectivity index (χ1n) is 15.4. The fraction of sp³-hybridized carbons (Fsp3) is 0.903. The van der Waals surface area contributed by atoms with Gasteiger partial charge < -0.3 is 10.0 Å². The van der Waals surface area contributed by atoms with Crippen LogP contribution in [0.1, 0.15) is 97.8 Å². The van der Waals surface area contributed by atoms with Gasteiger partial charge in [0.2, 0.25) is 15.9 Å². The molecule has 0 radical (unpaired) electrons. The third-order valence-corrected chi connectivity index (χ3v) is 13.9. The molecule has 5 aliphatic rings. The third kappa shape index (κ3) is 5.02. The lowest BCUT2D eigenvalue weighted by atomic mass is 9.47. The Morgan fingerprint density at radius 3 is 2.50 bits per heavy atom. The highest BCUT2D eigenvalue weighted by Crippen LogP contribution is 2.67. The smallest absolute Gasteiger partial charge is 0.222 e. The molecule has 1 aliphatic heterocycles. The minimum Gasteiger partial charge on any atom is -0.393 e. The molecular weight excluding hydrogens is 496 g/mol. The SMILES string of the molecule is CC(CCC(=O)N1CCC(N(C)S(C)(=O)=O)CC1)[C@H]1CC[C@H]2[C@@H]3CC=C4C[C@@H](O)CC[C@]4(C)[C@H]3CC[C@]12C. The van der Waals surface area contributed by atoms with Crippen LogP contribution in [0.25, 0.3) is 0 Å². The molecule has 0 aromatic carbocycles. The van der Waals surface area contributed by atoms with Gasteiger partial charge in [-0.25, -0.2) is 12.7 Å².